The van der Waals surface area contributed by atoms with Gasteiger partial charge in [0.25, 0.3) is 5.91 Å². The lowest BCUT2D eigenvalue weighted by Crippen LogP contribution is -2.31. The van der Waals surface area contributed by atoms with E-state index in [1.807, 2.05) is 73.6 Å². The Labute approximate surface area is 301 Å². The van der Waals surface area contributed by atoms with Gasteiger partial charge in [-0.1, -0.05) is 54.6 Å². The van der Waals surface area contributed by atoms with Crippen molar-refractivity contribution in [2.75, 3.05) is 47.3 Å². The molecule has 1 aliphatic rings. The Hall–Kier alpha value is -5.36. The highest BCUT2D eigenvalue weighted by Crippen LogP contribution is 2.34. The van der Waals surface area contributed by atoms with Gasteiger partial charge in [0.05, 0.1) is 22.4 Å². The van der Waals surface area contributed by atoms with E-state index in [2.05, 4.69) is 58.5 Å². The maximum absolute atomic E-state index is 12.8. The normalized spacial score (nSPS) is 12.3. The molecule has 6 rings (SSSR count). The highest BCUT2D eigenvalue weighted by Gasteiger charge is 2.18. The van der Waals surface area contributed by atoms with Crippen molar-refractivity contribution < 1.29 is 9.59 Å². The second-order valence-corrected chi connectivity index (χ2v) is 13.6. The van der Waals surface area contributed by atoms with Crippen molar-refractivity contribution in [3.05, 3.63) is 107 Å². The van der Waals surface area contributed by atoms with Gasteiger partial charge in [0, 0.05) is 49.0 Å². The lowest BCUT2D eigenvalue weighted by atomic mass is 9.99. The van der Waals surface area contributed by atoms with Crippen LogP contribution in [0.15, 0.2) is 89.9 Å². The summed E-state index contributed by atoms with van der Waals surface area (Å²) in [6.45, 7) is 3.31. The van der Waals surface area contributed by atoms with Crippen LogP contribution < -0.4 is 5.32 Å². The third-order valence-corrected chi connectivity index (χ3v) is 9.37. The second kappa shape index (κ2) is 16.6. The van der Waals surface area contributed by atoms with E-state index in [0.717, 1.165) is 108 Å². The minimum absolute atomic E-state index is 0.0650. The summed E-state index contributed by atoms with van der Waals surface area (Å²) in [5.41, 5.74) is 10.5. The number of H-pyrrole nitrogens is 1. The Morgan fingerprint density at radius 2 is 1.49 bits per heavy atom. The van der Waals surface area contributed by atoms with E-state index < -0.39 is 0 Å². The van der Waals surface area contributed by atoms with Gasteiger partial charge in [-0.3, -0.25) is 14.6 Å². The topological polar surface area (TPSA) is 93.7 Å². The number of terminal acetylenes is 1. The number of likely N-dealkylation sites (N-methyl/N-ethyl adjacent to an activating group) is 1. The fraction of sp³-hybridized carbons (Fsp3) is 0.302. The van der Waals surface area contributed by atoms with Crippen LogP contribution in [0.3, 0.4) is 0 Å². The van der Waals surface area contributed by atoms with Crippen molar-refractivity contribution in [1.82, 2.24) is 25.1 Å². The van der Waals surface area contributed by atoms with E-state index in [1.54, 1.807) is 0 Å². The zero-order chi connectivity index (χ0) is 35.7. The van der Waals surface area contributed by atoms with Gasteiger partial charge in [0.1, 0.15) is 5.82 Å². The number of fused-ring (bicyclic) bond motifs is 2. The number of Topliss-reactive ketones (excluding diaryl/α,β-unsaturated/α-hetero) is 1. The maximum Gasteiger partial charge on any atom is 0.251 e. The lowest BCUT2D eigenvalue weighted by Gasteiger charge is -2.15. The number of nitrogens with zero attached hydrogens (tertiary/aromatic N) is 4. The summed E-state index contributed by atoms with van der Waals surface area (Å²) in [6.07, 6.45) is 10.4. The van der Waals surface area contributed by atoms with Crippen LogP contribution >= 0.6 is 0 Å². The summed E-state index contributed by atoms with van der Waals surface area (Å²) >= 11 is 0. The Morgan fingerprint density at radius 1 is 0.804 bits per heavy atom. The molecule has 2 heterocycles. The molecule has 1 amide bonds. The monoisotopic (exact) mass is 678 g/mol. The minimum atomic E-state index is -0.0650. The van der Waals surface area contributed by atoms with Crippen molar-refractivity contribution in [3.63, 3.8) is 0 Å². The van der Waals surface area contributed by atoms with Crippen LogP contribution in [0.4, 0.5) is 5.69 Å². The maximum atomic E-state index is 12.8. The molecule has 0 aliphatic carbocycles. The summed E-state index contributed by atoms with van der Waals surface area (Å²) < 4.78 is 0. The lowest BCUT2D eigenvalue weighted by molar-refractivity contribution is 0.0948. The summed E-state index contributed by atoms with van der Waals surface area (Å²) in [5.74, 6) is 3.56. The van der Waals surface area contributed by atoms with Gasteiger partial charge in [0.15, 0.2) is 5.78 Å². The number of amides is 1. The van der Waals surface area contributed by atoms with Crippen LogP contribution in [0.25, 0.3) is 33.5 Å². The quantitative estimate of drug-likeness (QED) is 0.0639. The second-order valence-electron chi connectivity index (χ2n) is 13.6. The van der Waals surface area contributed by atoms with Gasteiger partial charge >= 0.3 is 0 Å². The molecule has 0 saturated carbocycles. The third-order valence-electron chi connectivity index (χ3n) is 9.37. The molecule has 0 bridgehead atoms. The van der Waals surface area contributed by atoms with Crippen LogP contribution in [-0.4, -0.2) is 84.5 Å². The average molecular weight is 679 g/mol. The van der Waals surface area contributed by atoms with Crippen molar-refractivity contribution in [3.8, 4) is 34.9 Å². The van der Waals surface area contributed by atoms with Crippen LogP contribution in [-0.2, 0) is 6.42 Å². The number of benzene rings is 4. The molecule has 0 spiro atoms. The van der Waals surface area contributed by atoms with Gasteiger partial charge in [0.2, 0.25) is 0 Å². The standard InChI is InChI=1S/C43H46N6O2/c1-5-6-7-8-24-49(4)25-9-10-41(50)31-13-15-32(16-14-31)42-46-37-22-21-35(28-40(37)47-42)34-19-20-36-29-38(45-39(36)27-34)30-11-17-33(18-12-30)43(51)44-23-26-48(2)3/h1,11-22,27-28H,6-10,23-26,29H2,2-4H3,(H,44,51)(H,46,47). The molecule has 0 saturated heterocycles. The molecule has 4 aromatic carbocycles. The van der Waals surface area contributed by atoms with Gasteiger partial charge < -0.3 is 20.1 Å². The first-order valence-corrected chi connectivity index (χ1v) is 17.8. The fourth-order valence-corrected chi connectivity index (χ4v) is 6.35. The number of aliphatic imine (C=N–C) groups is 1. The summed E-state index contributed by atoms with van der Waals surface area (Å²) in [6, 6.07) is 28.1. The van der Waals surface area contributed by atoms with E-state index in [1.165, 1.54) is 5.56 Å². The zero-order valence-corrected chi connectivity index (χ0v) is 29.8. The summed E-state index contributed by atoms with van der Waals surface area (Å²) in [4.78, 5) is 42.9. The van der Waals surface area contributed by atoms with Crippen molar-refractivity contribution in [2.24, 2.45) is 4.99 Å². The number of nitrogens with one attached hydrogen (secondary N) is 2. The van der Waals surface area contributed by atoms with Crippen LogP contribution in [0.5, 0.6) is 0 Å². The van der Waals surface area contributed by atoms with Crippen molar-refractivity contribution in [1.29, 1.82) is 0 Å². The van der Waals surface area contributed by atoms with Crippen molar-refractivity contribution in [2.45, 2.75) is 38.5 Å². The van der Waals surface area contributed by atoms with Crippen LogP contribution in [0.1, 0.15) is 63.9 Å². The number of aromatic nitrogens is 2. The number of rotatable bonds is 16. The first-order chi connectivity index (χ1) is 24.8. The smallest absolute Gasteiger partial charge is 0.251 e. The molecule has 0 radical (unpaired) electrons. The number of imidazole rings is 1. The van der Waals surface area contributed by atoms with E-state index in [-0.39, 0.29) is 11.7 Å². The minimum Gasteiger partial charge on any atom is -0.351 e. The number of carbonyl (C=O) groups excluding carboxylic acids is 2. The van der Waals surface area contributed by atoms with Gasteiger partial charge in [-0.15, -0.1) is 12.3 Å². The predicted octanol–water partition coefficient (Wildman–Crippen LogP) is 7.56. The Kier molecular flexibility index (Phi) is 11.5. The number of carbonyl (C=O) groups is 2. The molecule has 0 unspecified atom stereocenters. The Bertz CT molecular complexity index is 2070. The Morgan fingerprint density at radius 3 is 2.25 bits per heavy atom. The zero-order valence-electron chi connectivity index (χ0n) is 29.8. The molecule has 0 fully saturated rings. The summed E-state index contributed by atoms with van der Waals surface area (Å²) in [7, 11) is 6.07. The van der Waals surface area contributed by atoms with E-state index in [9.17, 15) is 9.59 Å². The molecule has 1 aliphatic heterocycles. The average Bonchev–Trinajstić information content (AvgIpc) is 3.77. The first kappa shape index (κ1) is 35.5. The number of ketones is 1. The Balaban J connectivity index is 1.07. The third kappa shape index (κ3) is 9.06. The number of hydrogen-bond acceptors (Lipinski definition) is 6. The molecule has 260 valence electrons. The van der Waals surface area contributed by atoms with Gasteiger partial charge in [-0.2, -0.15) is 0 Å². The fourth-order valence-electron chi connectivity index (χ4n) is 6.35. The highest BCUT2D eigenvalue weighted by atomic mass is 16.1. The molecular weight excluding hydrogens is 633 g/mol. The van der Waals surface area contributed by atoms with Gasteiger partial charge in [-0.05, 0) is 106 Å². The van der Waals surface area contributed by atoms with Gasteiger partial charge in [-0.25, -0.2) is 4.98 Å². The molecule has 0 atom stereocenters. The molecule has 1 aromatic heterocycles. The number of aromatic amines is 1. The first-order valence-electron chi connectivity index (χ1n) is 17.8. The van der Waals surface area contributed by atoms with Crippen LogP contribution in [0.2, 0.25) is 0 Å². The SMILES string of the molecule is C#CCCCCN(C)CCCC(=O)c1ccc(-c2nc3ccc(-c4ccc5c(c4)N=C(c4ccc(C(=O)NCCN(C)C)cc4)C5)cc3[nH]2)cc1. The number of hydrogen-bond donors (Lipinski definition) is 2. The summed E-state index contributed by atoms with van der Waals surface area (Å²) in [5, 5.41) is 2.96. The van der Waals surface area contributed by atoms with Crippen LogP contribution in [0, 0.1) is 12.3 Å². The predicted molar refractivity (Wildman–Crippen MR) is 208 cm³/mol. The number of unbranched alkanes of at least 4 members (excludes halogenated alkanes) is 2. The molecule has 5 aromatic rings. The molecule has 51 heavy (non-hydrogen) atoms. The van der Waals surface area contributed by atoms with Crippen molar-refractivity contribution >= 4 is 34.1 Å². The molecule has 8 nitrogen and oxygen atoms in total. The highest BCUT2D eigenvalue weighted by molar-refractivity contribution is 6.07. The molecule has 8 heteroatoms. The van der Waals surface area contributed by atoms with E-state index >= 15 is 0 Å². The van der Waals surface area contributed by atoms with E-state index in [4.69, 9.17) is 16.4 Å². The molecular formula is C43H46N6O2. The largest absolute Gasteiger partial charge is 0.351 e. The van der Waals surface area contributed by atoms with E-state index in [0.29, 0.717) is 18.5 Å². The molecule has 2 N–H and O–H groups in total.